The molecule has 1 heterocycles. The summed E-state index contributed by atoms with van der Waals surface area (Å²) in [4.78, 5) is 19.1. The number of methoxy groups -OCH3 is 1. The molecule has 2 aromatic carbocycles. The van der Waals surface area contributed by atoms with Gasteiger partial charge in [0.05, 0.1) is 44.3 Å². The van der Waals surface area contributed by atoms with Crippen molar-refractivity contribution < 1.29 is 9.53 Å². The van der Waals surface area contributed by atoms with Gasteiger partial charge in [-0.3, -0.25) is 0 Å². The van der Waals surface area contributed by atoms with E-state index in [1.807, 2.05) is 0 Å². The molecule has 0 unspecified atom stereocenters. The predicted molar refractivity (Wildman–Crippen MR) is 87.9 cm³/mol. The summed E-state index contributed by atoms with van der Waals surface area (Å²) in [7, 11) is 1.33. The van der Waals surface area contributed by atoms with Gasteiger partial charge < -0.3 is 9.72 Å². The van der Waals surface area contributed by atoms with E-state index in [9.17, 15) is 4.79 Å². The number of aromatic nitrogens is 2. The summed E-state index contributed by atoms with van der Waals surface area (Å²) in [6.45, 7) is 0. The number of nitrogens with zero attached hydrogens (tertiary/aromatic N) is 1. The van der Waals surface area contributed by atoms with Crippen LogP contribution in [-0.2, 0) is 4.74 Å². The fourth-order valence-electron chi connectivity index (χ4n) is 2.12. The van der Waals surface area contributed by atoms with Crippen LogP contribution in [0.4, 0.5) is 0 Å². The summed E-state index contributed by atoms with van der Waals surface area (Å²) >= 11 is 18.4. The third kappa shape index (κ3) is 2.54. The quantitative estimate of drug-likeness (QED) is 0.521. The lowest BCUT2D eigenvalue weighted by Gasteiger charge is -2.05. The second-order valence-corrected chi connectivity index (χ2v) is 5.72. The standard InChI is InChI=1S/C15H9Cl3N2O2/c1-22-15(21)7-2-5-10-11(6-7)20-14(19-10)12-8(16)3-4-9(17)13(12)18/h2-6H,1H3,(H,19,20). The average molecular weight is 356 g/mol. The molecule has 0 atom stereocenters. The number of rotatable bonds is 2. The first kappa shape index (κ1) is 15.2. The Hall–Kier alpha value is -1.75. The van der Waals surface area contributed by atoms with E-state index < -0.39 is 5.97 Å². The van der Waals surface area contributed by atoms with Gasteiger partial charge in [0.1, 0.15) is 5.82 Å². The fourth-order valence-corrected chi connectivity index (χ4v) is 2.82. The minimum Gasteiger partial charge on any atom is -0.465 e. The molecular weight excluding hydrogens is 347 g/mol. The molecule has 7 heteroatoms. The molecule has 1 N–H and O–H groups in total. The zero-order valence-corrected chi connectivity index (χ0v) is 13.6. The fraction of sp³-hybridized carbons (Fsp3) is 0.0667. The molecule has 0 bridgehead atoms. The van der Waals surface area contributed by atoms with Crippen LogP contribution in [-0.4, -0.2) is 23.0 Å². The topological polar surface area (TPSA) is 55.0 Å². The van der Waals surface area contributed by atoms with E-state index in [4.69, 9.17) is 39.5 Å². The van der Waals surface area contributed by atoms with Crippen molar-refractivity contribution in [3.05, 3.63) is 51.0 Å². The molecule has 4 nitrogen and oxygen atoms in total. The van der Waals surface area contributed by atoms with Gasteiger partial charge in [0, 0.05) is 0 Å². The van der Waals surface area contributed by atoms with E-state index in [0.717, 1.165) is 0 Å². The number of halogens is 3. The van der Waals surface area contributed by atoms with Gasteiger partial charge in [-0.25, -0.2) is 9.78 Å². The Morgan fingerprint density at radius 3 is 2.59 bits per heavy atom. The second kappa shape index (κ2) is 5.80. The first-order chi connectivity index (χ1) is 10.5. The van der Waals surface area contributed by atoms with Crippen molar-refractivity contribution in [3.63, 3.8) is 0 Å². The number of fused-ring (bicyclic) bond motifs is 1. The summed E-state index contributed by atoms with van der Waals surface area (Å²) in [6.07, 6.45) is 0. The number of imidazole rings is 1. The Morgan fingerprint density at radius 1 is 1.14 bits per heavy atom. The van der Waals surface area contributed by atoms with Crippen molar-refractivity contribution in [1.29, 1.82) is 0 Å². The monoisotopic (exact) mass is 354 g/mol. The lowest BCUT2D eigenvalue weighted by Crippen LogP contribution is -2.00. The third-order valence-electron chi connectivity index (χ3n) is 3.18. The highest BCUT2D eigenvalue weighted by atomic mass is 35.5. The third-order valence-corrected chi connectivity index (χ3v) is 4.30. The maximum absolute atomic E-state index is 11.6. The van der Waals surface area contributed by atoms with E-state index in [2.05, 4.69) is 9.97 Å². The number of nitrogens with one attached hydrogen (secondary N) is 1. The van der Waals surface area contributed by atoms with Crippen LogP contribution in [0, 0.1) is 0 Å². The largest absolute Gasteiger partial charge is 0.465 e. The highest BCUT2D eigenvalue weighted by Gasteiger charge is 2.16. The Labute approximate surface area is 141 Å². The predicted octanol–water partition coefficient (Wildman–Crippen LogP) is 4.98. The summed E-state index contributed by atoms with van der Waals surface area (Å²) in [5.74, 6) is 0.0615. The number of benzene rings is 2. The van der Waals surface area contributed by atoms with Crippen molar-refractivity contribution in [1.82, 2.24) is 9.97 Å². The van der Waals surface area contributed by atoms with Gasteiger partial charge in [0.2, 0.25) is 0 Å². The number of aromatic amines is 1. The number of carbonyl (C=O) groups is 1. The van der Waals surface area contributed by atoms with Gasteiger partial charge in [-0.2, -0.15) is 0 Å². The number of ether oxygens (including phenoxy) is 1. The van der Waals surface area contributed by atoms with E-state index in [1.165, 1.54) is 7.11 Å². The van der Waals surface area contributed by atoms with E-state index in [0.29, 0.717) is 43.1 Å². The van der Waals surface area contributed by atoms with Gasteiger partial charge in [-0.15, -0.1) is 0 Å². The maximum Gasteiger partial charge on any atom is 0.337 e. The first-order valence-corrected chi connectivity index (χ1v) is 7.36. The second-order valence-electron chi connectivity index (χ2n) is 4.53. The van der Waals surface area contributed by atoms with Crippen molar-refractivity contribution >= 4 is 51.8 Å². The Morgan fingerprint density at radius 2 is 1.86 bits per heavy atom. The molecular formula is C15H9Cl3N2O2. The van der Waals surface area contributed by atoms with Gasteiger partial charge in [0.15, 0.2) is 0 Å². The molecule has 3 rings (SSSR count). The van der Waals surface area contributed by atoms with Crippen molar-refractivity contribution in [2.45, 2.75) is 0 Å². The van der Waals surface area contributed by atoms with Crippen LogP contribution in [0.15, 0.2) is 30.3 Å². The van der Waals surface area contributed by atoms with E-state index in [1.54, 1.807) is 30.3 Å². The highest BCUT2D eigenvalue weighted by molar-refractivity contribution is 6.46. The number of hydrogen-bond acceptors (Lipinski definition) is 3. The summed E-state index contributed by atoms with van der Waals surface area (Å²) in [5, 5.41) is 1.14. The lowest BCUT2D eigenvalue weighted by atomic mass is 10.2. The molecule has 3 aromatic rings. The van der Waals surface area contributed by atoms with E-state index in [-0.39, 0.29) is 0 Å². The van der Waals surface area contributed by atoms with Gasteiger partial charge in [-0.1, -0.05) is 34.8 Å². The molecule has 1 aromatic heterocycles. The SMILES string of the molecule is COC(=O)c1ccc2nc(-c3c(Cl)ccc(Cl)c3Cl)[nH]c2c1. The first-order valence-electron chi connectivity index (χ1n) is 6.23. The van der Waals surface area contributed by atoms with Crippen LogP contribution in [0.1, 0.15) is 10.4 Å². The van der Waals surface area contributed by atoms with Gasteiger partial charge in [0.25, 0.3) is 0 Å². The van der Waals surface area contributed by atoms with Crippen LogP contribution in [0.25, 0.3) is 22.4 Å². The minimum atomic E-state index is -0.420. The summed E-state index contributed by atoms with van der Waals surface area (Å²) < 4.78 is 4.70. The molecule has 0 saturated heterocycles. The average Bonchev–Trinajstić information content (AvgIpc) is 2.93. The molecule has 0 saturated carbocycles. The van der Waals surface area contributed by atoms with Gasteiger partial charge >= 0.3 is 5.97 Å². The van der Waals surface area contributed by atoms with E-state index >= 15 is 0 Å². The zero-order valence-electron chi connectivity index (χ0n) is 11.3. The van der Waals surface area contributed by atoms with Crippen LogP contribution in [0.2, 0.25) is 15.1 Å². The Balaban J connectivity index is 2.17. The van der Waals surface area contributed by atoms with Crippen LogP contribution >= 0.6 is 34.8 Å². The van der Waals surface area contributed by atoms with Crippen molar-refractivity contribution in [3.8, 4) is 11.4 Å². The van der Waals surface area contributed by atoms with Crippen molar-refractivity contribution in [2.75, 3.05) is 7.11 Å². The number of esters is 1. The zero-order chi connectivity index (χ0) is 15.9. The Kier molecular flexibility index (Phi) is 4.00. The molecule has 0 radical (unpaired) electrons. The van der Waals surface area contributed by atoms with Crippen molar-refractivity contribution in [2.24, 2.45) is 0 Å². The molecule has 0 aliphatic rings. The molecule has 22 heavy (non-hydrogen) atoms. The molecule has 0 aliphatic heterocycles. The van der Waals surface area contributed by atoms with Crippen LogP contribution in [0.5, 0.6) is 0 Å². The molecule has 0 fully saturated rings. The summed E-state index contributed by atoms with van der Waals surface area (Å²) in [6, 6.07) is 8.28. The van der Waals surface area contributed by atoms with Crippen LogP contribution in [0.3, 0.4) is 0 Å². The normalized spacial score (nSPS) is 10.9. The smallest absolute Gasteiger partial charge is 0.337 e. The van der Waals surface area contributed by atoms with Crippen LogP contribution < -0.4 is 0 Å². The summed E-state index contributed by atoms with van der Waals surface area (Å²) in [5.41, 5.74) is 2.29. The molecule has 0 aliphatic carbocycles. The number of carbonyl (C=O) groups excluding carboxylic acids is 1. The van der Waals surface area contributed by atoms with Gasteiger partial charge in [-0.05, 0) is 30.3 Å². The highest BCUT2D eigenvalue weighted by Crippen LogP contribution is 2.38. The number of hydrogen-bond donors (Lipinski definition) is 1. The molecule has 112 valence electrons. The maximum atomic E-state index is 11.6. The Bertz CT molecular complexity index is 890. The molecule has 0 amide bonds. The minimum absolute atomic E-state index is 0.321. The lowest BCUT2D eigenvalue weighted by molar-refractivity contribution is 0.0601. The molecule has 0 spiro atoms. The number of H-pyrrole nitrogens is 1.